The summed E-state index contributed by atoms with van der Waals surface area (Å²) < 4.78 is 0. The molecule has 1 aliphatic heterocycles. The first-order chi connectivity index (χ1) is 6.57. The van der Waals surface area contributed by atoms with Gasteiger partial charge in [-0.15, -0.1) is 0 Å². The van der Waals surface area contributed by atoms with E-state index in [0.29, 0.717) is 5.92 Å². The monoisotopic (exact) mass is 194 g/mol. The Morgan fingerprint density at radius 1 is 1.57 bits per heavy atom. The number of likely N-dealkylation sites (tertiary alicyclic amines) is 1. The second-order valence-electron chi connectivity index (χ2n) is 4.32. The Kier molecular flexibility index (Phi) is 3.51. The molecule has 0 saturated carbocycles. The highest BCUT2D eigenvalue weighted by Gasteiger charge is 2.34. The first-order valence-electron chi connectivity index (χ1n) is 5.24. The molecule has 1 fully saturated rings. The minimum absolute atomic E-state index is 0.0126. The van der Waals surface area contributed by atoms with Crippen molar-refractivity contribution in [2.75, 3.05) is 6.54 Å². The number of carbonyl (C=O) groups is 1. The Balaban J connectivity index is 2.75. The lowest BCUT2D eigenvalue weighted by Crippen LogP contribution is -2.40. The second-order valence-corrected chi connectivity index (χ2v) is 4.32. The molecule has 0 N–H and O–H groups in total. The van der Waals surface area contributed by atoms with Crippen molar-refractivity contribution >= 4 is 5.91 Å². The van der Waals surface area contributed by atoms with Crippen LogP contribution < -0.4 is 0 Å². The lowest BCUT2D eigenvalue weighted by Gasteiger charge is -2.29. The molecule has 1 rings (SSSR count). The lowest BCUT2D eigenvalue weighted by atomic mass is 9.88. The third kappa shape index (κ3) is 2.06. The molecule has 0 aromatic carbocycles. The molecule has 1 aliphatic rings. The molecule has 3 heteroatoms. The molecule has 14 heavy (non-hydrogen) atoms. The zero-order chi connectivity index (χ0) is 10.7. The van der Waals surface area contributed by atoms with Gasteiger partial charge in [-0.05, 0) is 18.8 Å². The standard InChI is InChI=1S/C11H18N2O/c1-8(2)10(7-12)11-5-4-6-13(11)9(3)14/h8,10-11H,4-6H2,1-3H3. The highest BCUT2D eigenvalue weighted by atomic mass is 16.2. The number of nitrogens with zero attached hydrogens (tertiary/aromatic N) is 2. The first kappa shape index (κ1) is 11.0. The third-order valence-corrected chi connectivity index (χ3v) is 2.99. The van der Waals surface area contributed by atoms with Gasteiger partial charge >= 0.3 is 0 Å². The molecule has 0 radical (unpaired) electrons. The molecule has 1 heterocycles. The van der Waals surface area contributed by atoms with Crippen LogP contribution in [0.4, 0.5) is 0 Å². The zero-order valence-electron chi connectivity index (χ0n) is 9.16. The van der Waals surface area contributed by atoms with Crippen LogP contribution in [0.15, 0.2) is 0 Å². The lowest BCUT2D eigenvalue weighted by molar-refractivity contribution is -0.130. The van der Waals surface area contributed by atoms with E-state index in [1.807, 2.05) is 18.7 Å². The van der Waals surface area contributed by atoms with Gasteiger partial charge in [-0.1, -0.05) is 13.8 Å². The van der Waals surface area contributed by atoms with Gasteiger partial charge in [-0.2, -0.15) is 5.26 Å². The van der Waals surface area contributed by atoms with Gasteiger partial charge in [0, 0.05) is 19.5 Å². The predicted molar refractivity (Wildman–Crippen MR) is 54.4 cm³/mol. The van der Waals surface area contributed by atoms with E-state index in [2.05, 4.69) is 6.07 Å². The second kappa shape index (κ2) is 4.45. The van der Waals surface area contributed by atoms with Crippen molar-refractivity contribution < 1.29 is 4.79 Å². The maximum atomic E-state index is 11.3. The molecule has 2 atom stereocenters. The van der Waals surface area contributed by atoms with E-state index in [4.69, 9.17) is 5.26 Å². The summed E-state index contributed by atoms with van der Waals surface area (Å²) in [6.45, 7) is 6.51. The minimum Gasteiger partial charge on any atom is -0.339 e. The number of rotatable bonds is 2. The van der Waals surface area contributed by atoms with E-state index in [1.54, 1.807) is 6.92 Å². The van der Waals surface area contributed by atoms with Crippen molar-refractivity contribution in [2.45, 2.75) is 39.7 Å². The predicted octanol–water partition coefficient (Wildman–Crippen LogP) is 1.79. The maximum Gasteiger partial charge on any atom is 0.219 e. The quantitative estimate of drug-likeness (QED) is 0.672. The number of amides is 1. The van der Waals surface area contributed by atoms with Crippen LogP contribution in [0.25, 0.3) is 0 Å². The fraction of sp³-hybridized carbons (Fsp3) is 0.818. The van der Waals surface area contributed by atoms with Crippen molar-refractivity contribution in [1.82, 2.24) is 4.90 Å². The first-order valence-corrected chi connectivity index (χ1v) is 5.24. The normalized spacial score (nSPS) is 23.6. The van der Waals surface area contributed by atoms with Crippen LogP contribution in [0.5, 0.6) is 0 Å². The SMILES string of the molecule is CC(=O)N1CCCC1C(C#N)C(C)C. The Bertz CT molecular complexity index is 255. The summed E-state index contributed by atoms with van der Waals surface area (Å²) in [6.07, 6.45) is 2.02. The van der Waals surface area contributed by atoms with Crippen LogP contribution in [0, 0.1) is 23.2 Å². The Hall–Kier alpha value is -1.04. The maximum absolute atomic E-state index is 11.3. The van der Waals surface area contributed by atoms with Gasteiger partial charge in [0.15, 0.2) is 0 Å². The topological polar surface area (TPSA) is 44.1 Å². The number of hydrogen-bond acceptors (Lipinski definition) is 2. The van der Waals surface area contributed by atoms with E-state index in [9.17, 15) is 4.79 Å². The van der Waals surface area contributed by atoms with Crippen molar-refractivity contribution in [3.63, 3.8) is 0 Å². The van der Waals surface area contributed by atoms with Gasteiger partial charge in [0.05, 0.1) is 12.0 Å². The molecule has 0 aliphatic carbocycles. The van der Waals surface area contributed by atoms with Crippen molar-refractivity contribution in [3.8, 4) is 6.07 Å². The number of hydrogen-bond donors (Lipinski definition) is 0. The van der Waals surface area contributed by atoms with E-state index in [0.717, 1.165) is 19.4 Å². The molecule has 0 spiro atoms. The molecule has 2 unspecified atom stereocenters. The smallest absolute Gasteiger partial charge is 0.219 e. The van der Waals surface area contributed by atoms with Gasteiger partial charge in [0.1, 0.15) is 0 Å². The number of carbonyl (C=O) groups excluding carboxylic acids is 1. The van der Waals surface area contributed by atoms with E-state index >= 15 is 0 Å². The van der Waals surface area contributed by atoms with Crippen LogP contribution in [-0.4, -0.2) is 23.4 Å². The van der Waals surface area contributed by atoms with Crippen LogP contribution >= 0.6 is 0 Å². The summed E-state index contributed by atoms with van der Waals surface area (Å²) in [5.41, 5.74) is 0. The fourth-order valence-corrected chi connectivity index (χ4v) is 2.24. The largest absolute Gasteiger partial charge is 0.339 e. The van der Waals surface area contributed by atoms with Gasteiger partial charge < -0.3 is 4.90 Å². The summed E-state index contributed by atoms with van der Waals surface area (Å²) in [5, 5.41) is 9.07. The van der Waals surface area contributed by atoms with Crippen LogP contribution in [0.2, 0.25) is 0 Å². The Morgan fingerprint density at radius 2 is 2.21 bits per heavy atom. The molecule has 1 amide bonds. The minimum atomic E-state index is -0.0126. The summed E-state index contributed by atoms with van der Waals surface area (Å²) >= 11 is 0. The summed E-state index contributed by atoms with van der Waals surface area (Å²) in [5.74, 6) is 0.416. The third-order valence-electron chi connectivity index (χ3n) is 2.99. The molecular weight excluding hydrogens is 176 g/mol. The molecule has 1 saturated heterocycles. The fourth-order valence-electron chi connectivity index (χ4n) is 2.24. The Labute approximate surface area is 85.7 Å². The van der Waals surface area contributed by atoms with E-state index in [1.165, 1.54) is 0 Å². The van der Waals surface area contributed by atoms with Crippen molar-refractivity contribution in [2.24, 2.45) is 11.8 Å². The average molecular weight is 194 g/mol. The molecule has 78 valence electrons. The molecule has 0 aromatic rings. The van der Waals surface area contributed by atoms with Crippen LogP contribution in [0.3, 0.4) is 0 Å². The van der Waals surface area contributed by atoms with Crippen molar-refractivity contribution in [3.05, 3.63) is 0 Å². The van der Waals surface area contributed by atoms with Gasteiger partial charge in [-0.3, -0.25) is 4.79 Å². The van der Waals surface area contributed by atoms with Crippen LogP contribution in [0.1, 0.15) is 33.6 Å². The number of nitriles is 1. The van der Waals surface area contributed by atoms with Gasteiger partial charge in [-0.25, -0.2) is 0 Å². The van der Waals surface area contributed by atoms with E-state index in [-0.39, 0.29) is 17.9 Å². The highest BCUT2D eigenvalue weighted by Crippen LogP contribution is 2.28. The molecular formula is C11H18N2O. The highest BCUT2D eigenvalue weighted by molar-refractivity contribution is 5.74. The van der Waals surface area contributed by atoms with Crippen LogP contribution in [-0.2, 0) is 4.79 Å². The van der Waals surface area contributed by atoms with Gasteiger partial charge in [0.2, 0.25) is 5.91 Å². The van der Waals surface area contributed by atoms with Crippen molar-refractivity contribution in [1.29, 1.82) is 5.26 Å². The van der Waals surface area contributed by atoms with Gasteiger partial charge in [0.25, 0.3) is 0 Å². The summed E-state index contributed by atoms with van der Waals surface area (Å²) in [4.78, 5) is 13.2. The zero-order valence-corrected chi connectivity index (χ0v) is 9.16. The molecule has 0 bridgehead atoms. The van der Waals surface area contributed by atoms with E-state index < -0.39 is 0 Å². The Morgan fingerprint density at radius 3 is 2.64 bits per heavy atom. The average Bonchev–Trinajstić information content (AvgIpc) is 2.53. The summed E-state index contributed by atoms with van der Waals surface area (Å²) in [6, 6.07) is 2.48. The molecule has 3 nitrogen and oxygen atoms in total. The summed E-state index contributed by atoms with van der Waals surface area (Å²) in [7, 11) is 0. The molecule has 0 aromatic heterocycles.